The van der Waals surface area contributed by atoms with Gasteiger partial charge in [0.2, 0.25) is 5.78 Å². The maximum Gasteiger partial charge on any atom is 0.443 e. The Labute approximate surface area is 323 Å². The van der Waals surface area contributed by atoms with E-state index in [2.05, 4.69) is 38.2 Å². The smallest absolute Gasteiger partial charge is 0.443 e. The van der Waals surface area contributed by atoms with Gasteiger partial charge in [-0.25, -0.2) is 0 Å². The number of aliphatic hydroxyl groups is 1. The highest BCUT2D eigenvalue weighted by Crippen LogP contribution is 2.51. The lowest BCUT2D eigenvalue weighted by atomic mass is 10.1. The van der Waals surface area contributed by atoms with E-state index in [4.69, 9.17) is 19.3 Å². The van der Waals surface area contributed by atoms with Gasteiger partial charge in [-0.1, -0.05) is 141 Å². The highest BCUT2D eigenvalue weighted by molar-refractivity contribution is 7.60. The van der Waals surface area contributed by atoms with Crippen molar-refractivity contribution < 1.29 is 48.4 Å². The number of hydrogen-bond donors (Lipinski definition) is 4. The minimum Gasteiger partial charge on any atom is -0.462 e. The van der Waals surface area contributed by atoms with Crippen molar-refractivity contribution in [1.29, 1.82) is 0 Å². The number of ether oxygens (including phenoxy) is 3. The second kappa shape index (κ2) is 37.3. The lowest BCUT2D eigenvalue weighted by Crippen LogP contribution is -2.36. The summed E-state index contributed by atoms with van der Waals surface area (Å²) in [6.45, 7) is 2.49. The van der Waals surface area contributed by atoms with Crippen molar-refractivity contribution in [2.24, 2.45) is 0 Å². The molecular formula is C42H78O10P+. The summed E-state index contributed by atoms with van der Waals surface area (Å²) in [6, 6.07) is 0. The fraction of sp³-hybridized carbons (Fsp3) is 0.833. The highest BCUT2D eigenvalue weighted by Gasteiger charge is 2.49. The van der Waals surface area contributed by atoms with E-state index in [0.29, 0.717) is 12.8 Å². The van der Waals surface area contributed by atoms with Crippen LogP contribution in [0.4, 0.5) is 0 Å². The molecule has 0 fully saturated rings. The van der Waals surface area contributed by atoms with Gasteiger partial charge in [-0.3, -0.25) is 14.4 Å². The molecule has 0 aromatic heterocycles. The first-order chi connectivity index (χ1) is 25.6. The zero-order valence-electron chi connectivity index (χ0n) is 33.6. The Morgan fingerprint density at radius 1 is 0.528 bits per heavy atom. The van der Waals surface area contributed by atoms with Crippen molar-refractivity contribution in [2.75, 3.05) is 19.8 Å². The van der Waals surface area contributed by atoms with Crippen LogP contribution in [0.15, 0.2) is 24.3 Å². The fourth-order valence-electron chi connectivity index (χ4n) is 5.96. The Balaban J connectivity index is 4.40. The van der Waals surface area contributed by atoms with Crippen molar-refractivity contribution in [3.8, 4) is 0 Å². The van der Waals surface area contributed by atoms with Gasteiger partial charge in [-0.2, -0.15) is 14.7 Å². The van der Waals surface area contributed by atoms with Crippen LogP contribution in [0.1, 0.15) is 194 Å². The summed E-state index contributed by atoms with van der Waals surface area (Å²) < 4.78 is 16.0. The molecule has 0 aliphatic carbocycles. The summed E-state index contributed by atoms with van der Waals surface area (Å²) in [6.07, 6.45) is 38.0. The number of esters is 2. The normalized spacial score (nSPS) is 13.2. The molecule has 10 nitrogen and oxygen atoms in total. The van der Waals surface area contributed by atoms with Gasteiger partial charge in [-0.15, -0.1) is 0 Å². The van der Waals surface area contributed by atoms with Gasteiger partial charge in [-0.05, 0) is 64.2 Å². The second-order valence-electron chi connectivity index (χ2n) is 14.4. The van der Waals surface area contributed by atoms with Crippen molar-refractivity contribution in [3.63, 3.8) is 0 Å². The molecule has 0 rings (SSSR count). The van der Waals surface area contributed by atoms with Crippen molar-refractivity contribution in [1.82, 2.24) is 0 Å². The van der Waals surface area contributed by atoms with Gasteiger partial charge in [0.1, 0.15) is 13.2 Å². The van der Waals surface area contributed by atoms with Crippen LogP contribution in [0.25, 0.3) is 0 Å². The number of rotatable bonds is 39. The average molecular weight is 774 g/mol. The third-order valence-electron chi connectivity index (χ3n) is 9.20. The number of carbonyl (C=O) groups excluding carboxylic acids is 3. The maximum atomic E-state index is 12.6. The van der Waals surface area contributed by atoms with E-state index in [1.807, 2.05) is 0 Å². The summed E-state index contributed by atoms with van der Waals surface area (Å²) in [5.41, 5.74) is 0. The van der Waals surface area contributed by atoms with Crippen LogP contribution < -0.4 is 0 Å². The highest BCUT2D eigenvalue weighted by atomic mass is 31.2. The predicted molar refractivity (Wildman–Crippen MR) is 215 cm³/mol. The quantitative estimate of drug-likeness (QED) is 0.0205. The first-order valence-corrected chi connectivity index (χ1v) is 22.8. The van der Waals surface area contributed by atoms with E-state index in [9.17, 15) is 29.1 Å². The molecule has 0 saturated carbocycles. The molecule has 53 heavy (non-hydrogen) atoms. The Morgan fingerprint density at radius 3 is 1.30 bits per heavy atom. The number of carbonyl (C=O) groups is 3. The van der Waals surface area contributed by atoms with Crippen LogP contribution in [0.5, 0.6) is 0 Å². The molecule has 0 aliphatic heterocycles. The zero-order chi connectivity index (χ0) is 39.3. The minimum absolute atomic E-state index is 0.146. The first kappa shape index (κ1) is 51.3. The molecule has 0 amide bonds. The van der Waals surface area contributed by atoms with E-state index in [1.165, 1.54) is 77.0 Å². The summed E-state index contributed by atoms with van der Waals surface area (Å²) in [7, 11) is -4.80. The number of aliphatic hydroxyl groups excluding tert-OH is 1. The summed E-state index contributed by atoms with van der Waals surface area (Å²) >= 11 is 0. The Hall–Kier alpha value is -1.68. The third-order valence-corrected chi connectivity index (χ3v) is 10.3. The molecule has 11 heteroatoms. The molecule has 0 aromatic carbocycles. The molecule has 0 saturated heterocycles. The van der Waals surface area contributed by atoms with E-state index in [1.54, 1.807) is 0 Å². The van der Waals surface area contributed by atoms with Crippen molar-refractivity contribution >= 4 is 25.7 Å². The topological polar surface area (TPSA) is 160 Å². The van der Waals surface area contributed by atoms with Crippen LogP contribution in [-0.2, 0) is 28.6 Å². The first-order valence-electron chi connectivity index (χ1n) is 21.1. The van der Waals surface area contributed by atoms with E-state index >= 15 is 0 Å². The number of allylic oxidation sites excluding steroid dienone is 4. The Kier molecular flexibility index (Phi) is 36.1. The predicted octanol–water partition coefficient (Wildman–Crippen LogP) is 10.2. The largest absolute Gasteiger partial charge is 0.462 e. The van der Waals surface area contributed by atoms with Gasteiger partial charge in [0, 0.05) is 12.8 Å². The number of ketones is 1. The fourth-order valence-corrected chi connectivity index (χ4v) is 6.72. The molecule has 4 N–H and O–H groups in total. The average Bonchev–Trinajstić information content (AvgIpc) is 3.13. The zero-order valence-corrected chi connectivity index (χ0v) is 34.5. The van der Waals surface area contributed by atoms with Gasteiger partial charge >= 0.3 is 25.7 Å². The molecule has 2 atom stereocenters. The molecule has 0 heterocycles. The Bertz CT molecular complexity index is 933. The lowest BCUT2D eigenvalue weighted by Gasteiger charge is -2.21. The SMILES string of the molecule is CCCCCCCCC=CCCCCCCCC(=O)OC[C@H](COC(C(=O)CO)[P+](O)(O)O)OC(=O)CCCCCCCC=CCCCCCCCC. The molecule has 0 aromatic rings. The van der Waals surface area contributed by atoms with E-state index < -0.39 is 50.8 Å². The summed E-state index contributed by atoms with van der Waals surface area (Å²) in [5, 5.41) is 9.14. The van der Waals surface area contributed by atoms with E-state index in [-0.39, 0.29) is 19.4 Å². The summed E-state index contributed by atoms with van der Waals surface area (Å²) in [5.74, 6) is -4.22. The van der Waals surface area contributed by atoms with E-state index in [0.717, 1.165) is 77.0 Å². The van der Waals surface area contributed by atoms with Crippen LogP contribution in [0.2, 0.25) is 0 Å². The van der Waals surface area contributed by atoms with Crippen LogP contribution in [0.3, 0.4) is 0 Å². The second-order valence-corrected chi connectivity index (χ2v) is 16.1. The molecule has 0 radical (unpaired) electrons. The monoisotopic (exact) mass is 774 g/mol. The molecule has 0 aliphatic rings. The maximum absolute atomic E-state index is 12.6. The standard InChI is InChI=1S/C42H78O10P/c1-3-5-7-9-11-13-15-17-19-21-23-25-27-29-31-33-40(45)50-36-38(37-51-42(39(44)35-43)53(47,48)49)52-41(46)34-32-30-28-26-24-22-20-18-16-14-12-10-8-6-4-2/h17-20,38,42-43,47-49H,3-16,21-37H2,1-2H3/q+1/t38-,42?/m1/s1. The number of hydrogen-bond acceptors (Lipinski definition) is 10. The molecular weight excluding hydrogens is 695 g/mol. The number of Topliss-reactive ketones (excluding diaryl/α,β-unsaturated/α-hetero) is 1. The Morgan fingerprint density at radius 2 is 0.906 bits per heavy atom. The van der Waals surface area contributed by atoms with Gasteiger partial charge in [0.25, 0.3) is 0 Å². The van der Waals surface area contributed by atoms with Crippen LogP contribution >= 0.6 is 7.94 Å². The van der Waals surface area contributed by atoms with Gasteiger partial charge in [0.15, 0.2) is 6.10 Å². The summed E-state index contributed by atoms with van der Waals surface area (Å²) in [4.78, 5) is 65.8. The van der Waals surface area contributed by atoms with Crippen LogP contribution in [0, 0.1) is 0 Å². The molecule has 0 spiro atoms. The van der Waals surface area contributed by atoms with Crippen LogP contribution in [-0.4, -0.2) is 69.3 Å². The lowest BCUT2D eigenvalue weighted by molar-refractivity contribution is -0.164. The third kappa shape index (κ3) is 34.5. The molecule has 310 valence electrons. The van der Waals surface area contributed by atoms with Gasteiger partial charge < -0.3 is 19.3 Å². The molecule has 0 bridgehead atoms. The minimum atomic E-state index is -4.80. The number of unbranched alkanes of at least 4 members (excludes halogenated alkanes) is 22. The van der Waals surface area contributed by atoms with Crippen molar-refractivity contribution in [2.45, 2.75) is 206 Å². The van der Waals surface area contributed by atoms with Crippen molar-refractivity contribution in [3.05, 3.63) is 24.3 Å². The molecule has 1 unspecified atom stereocenters. The van der Waals surface area contributed by atoms with Gasteiger partial charge in [0.05, 0.1) is 6.61 Å².